The van der Waals surface area contributed by atoms with Crippen LogP contribution in [-0.4, -0.2) is 15.3 Å². The molecule has 0 aliphatic heterocycles. The number of Topliss-reactive ketones (excluding diaryl/α,β-unsaturated/α-hetero) is 1. The Morgan fingerprint density at radius 3 is 2.29 bits per heavy atom. The molecule has 0 fully saturated rings. The first-order valence-electron chi connectivity index (χ1n) is 6.72. The molecule has 0 aliphatic rings. The first-order valence-corrected chi connectivity index (χ1v) is 8.25. The van der Waals surface area contributed by atoms with Crippen LogP contribution in [0.15, 0.2) is 54.6 Å². The van der Waals surface area contributed by atoms with Crippen molar-refractivity contribution in [2.24, 2.45) is 5.92 Å². The van der Waals surface area contributed by atoms with Crippen LogP contribution in [0.2, 0.25) is 0 Å². The Balaban J connectivity index is 2.25. The molecule has 2 aromatic rings. The molecule has 0 amide bonds. The molecule has 0 saturated heterocycles. The Morgan fingerprint density at radius 2 is 1.71 bits per heavy atom. The monoisotopic (exact) mass is 398 g/mol. The van der Waals surface area contributed by atoms with Crippen LogP contribution in [0.1, 0.15) is 28.4 Å². The average molecular weight is 398 g/mol. The Kier molecular flexibility index (Phi) is 5.87. The van der Waals surface area contributed by atoms with Gasteiger partial charge in [0, 0.05) is 9.99 Å². The van der Waals surface area contributed by atoms with Gasteiger partial charge in [-0.25, -0.2) is 4.39 Å². The van der Waals surface area contributed by atoms with Crippen LogP contribution < -0.4 is 0 Å². The number of alkyl halides is 1. The summed E-state index contributed by atoms with van der Waals surface area (Å²) in [6, 6.07) is 14.6. The van der Waals surface area contributed by atoms with Gasteiger partial charge in [-0.05, 0) is 24.1 Å². The van der Waals surface area contributed by atoms with Gasteiger partial charge in [0.1, 0.15) is 5.82 Å². The number of benzene rings is 2. The van der Waals surface area contributed by atoms with E-state index in [0.29, 0.717) is 17.5 Å². The zero-order chi connectivity index (χ0) is 15.2. The molecular formula is C17H16FIO2. The number of halogens is 2. The van der Waals surface area contributed by atoms with Gasteiger partial charge in [-0.2, -0.15) is 0 Å². The summed E-state index contributed by atoms with van der Waals surface area (Å²) < 4.78 is 13.7. The number of carbonyl (C=O) groups is 1. The number of ketones is 1. The number of rotatable bonds is 6. The molecular weight excluding hydrogens is 382 g/mol. The standard InChI is InChI=1S/C17H16FIO2/c18-14-8-6-13(7-9-14)17(21)15(10-11-19)16(20)12-4-2-1-3-5-12/h1-9,15,17,21H,10-11H2/t15-,17+/m1/s1. The Labute approximate surface area is 137 Å². The van der Waals surface area contributed by atoms with Crippen LogP contribution in [0.25, 0.3) is 0 Å². The third kappa shape index (κ3) is 4.11. The lowest BCUT2D eigenvalue weighted by atomic mass is 9.87. The number of aliphatic hydroxyl groups is 1. The van der Waals surface area contributed by atoms with Crippen molar-refractivity contribution in [1.29, 1.82) is 0 Å². The van der Waals surface area contributed by atoms with E-state index < -0.39 is 12.0 Å². The summed E-state index contributed by atoms with van der Waals surface area (Å²) in [4.78, 5) is 12.6. The Morgan fingerprint density at radius 1 is 1.10 bits per heavy atom. The number of hydrogen-bond acceptors (Lipinski definition) is 2. The quantitative estimate of drug-likeness (QED) is 0.450. The molecule has 2 atom stereocenters. The van der Waals surface area contributed by atoms with Gasteiger partial charge in [-0.1, -0.05) is 65.1 Å². The molecule has 0 spiro atoms. The molecule has 110 valence electrons. The molecule has 0 heterocycles. The van der Waals surface area contributed by atoms with Crippen molar-refractivity contribution in [1.82, 2.24) is 0 Å². The second kappa shape index (κ2) is 7.66. The minimum absolute atomic E-state index is 0.0795. The van der Waals surface area contributed by atoms with Crippen molar-refractivity contribution in [2.45, 2.75) is 12.5 Å². The predicted molar refractivity (Wildman–Crippen MR) is 89.1 cm³/mol. The predicted octanol–water partition coefficient (Wildman–Crippen LogP) is 4.18. The van der Waals surface area contributed by atoms with E-state index >= 15 is 0 Å². The lowest BCUT2D eigenvalue weighted by Gasteiger charge is -2.21. The second-order valence-electron chi connectivity index (χ2n) is 4.81. The molecule has 0 bridgehead atoms. The molecule has 2 rings (SSSR count). The van der Waals surface area contributed by atoms with Gasteiger partial charge < -0.3 is 5.11 Å². The van der Waals surface area contributed by atoms with Crippen LogP contribution in [0, 0.1) is 11.7 Å². The minimum atomic E-state index is -0.923. The molecule has 2 aromatic carbocycles. The van der Waals surface area contributed by atoms with Crippen molar-refractivity contribution < 1.29 is 14.3 Å². The molecule has 0 aromatic heterocycles. The first-order chi connectivity index (χ1) is 10.1. The van der Waals surface area contributed by atoms with E-state index in [4.69, 9.17) is 0 Å². The van der Waals surface area contributed by atoms with E-state index in [9.17, 15) is 14.3 Å². The minimum Gasteiger partial charge on any atom is -0.388 e. The van der Waals surface area contributed by atoms with Gasteiger partial charge in [-0.3, -0.25) is 4.79 Å². The highest BCUT2D eigenvalue weighted by Gasteiger charge is 2.28. The smallest absolute Gasteiger partial charge is 0.168 e. The number of hydrogen-bond donors (Lipinski definition) is 1. The first kappa shape index (κ1) is 16.1. The van der Waals surface area contributed by atoms with E-state index in [1.54, 1.807) is 24.3 Å². The Bertz CT molecular complexity index is 583. The van der Waals surface area contributed by atoms with E-state index in [2.05, 4.69) is 22.6 Å². The van der Waals surface area contributed by atoms with Crippen molar-refractivity contribution in [3.05, 3.63) is 71.5 Å². The summed E-state index contributed by atoms with van der Waals surface area (Å²) >= 11 is 2.19. The third-order valence-electron chi connectivity index (χ3n) is 3.41. The van der Waals surface area contributed by atoms with Crippen LogP contribution in [0.4, 0.5) is 4.39 Å². The highest BCUT2D eigenvalue weighted by atomic mass is 127. The summed E-state index contributed by atoms with van der Waals surface area (Å²) in [5.41, 5.74) is 1.16. The van der Waals surface area contributed by atoms with Crippen LogP contribution >= 0.6 is 22.6 Å². The highest BCUT2D eigenvalue weighted by molar-refractivity contribution is 14.1. The number of carbonyl (C=O) groups excluding carboxylic acids is 1. The molecule has 0 aliphatic carbocycles. The van der Waals surface area contributed by atoms with Crippen molar-refractivity contribution in [3.63, 3.8) is 0 Å². The molecule has 0 radical (unpaired) electrons. The summed E-state index contributed by atoms with van der Waals surface area (Å²) in [6.45, 7) is 0. The molecule has 2 nitrogen and oxygen atoms in total. The SMILES string of the molecule is O=C(c1ccccc1)[C@@H](CCI)[C@@H](O)c1ccc(F)cc1. The summed E-state index contributed by atoms with van der Waals surface area (Å²) in [6.07, 6.45) is -0.347. The van der Waals surface area contributed by atoms with Gasteiger partial charge in [0.25, 0.3) is 0 Å². The molecule has 21 heavy (non-hydrogen) atoms. The zero-order valence-electron chi connectivity index (χ0n) is 11.4. The van der Waals surface area contributed by atoms with Crippen molar-refractivity contribution >= 4 is 28.4 Å². The maximum Gasteiger partial charge on any atom is 0.168 e. The maximum absolute atomic E-state index is 13.0. The Hall–Kier alpha value is -1.27. The second-order valence-corrected chi connectivity index (χ2v) is 5.89. The van der Waals surface area contributed by atoms with Gasteiger partial charge in [0.15, 0.2) is 5.78 Å². The summed E-state index contributed by atoms with van der Waals surface area (Å²) in [7, 11) is 0. The molecule has 0 unspecified atom stereocenters. The third-order valence-corrected chi connectivity index (χ3v) is 4.03. The fraction of sp³-hybridized carbons (Fsp3) is 0.235. The molecule has 0 saturated carbocycles. The highest BCUT2D eigenvalue weighted by Crippen LogP contribution is 2.28. The maximum atomic E-state index is 13.0. The van der Waals surface area contributed by atoms with Gasteiger partial charge in [-0.15, -0.1) is 0 Å². The van der Waals surface area contributed by atoms with Crippen LogP contribution in [0.3, 0.4) is 0 Å². The number of aliphatic hydroxyl groups excluding tert-OH is 1. The lowest BCUT2D eigenvalue weighted by Crippen LogP contribution is -2.23. The van der Waals surface area contributed by atoms with E-state index in [1.165, 1.54) is 24.3 Å². The molecule has 1 N–H and O–H groups in total. The topological polar surface area (TPSA) is 37.3 Å². The van der Waals surface area contributed by atoms with Gasteiger partial charge >= 0.3 is 0 Å². The van der Waals surface area contributed by atoms with Gasteiger partial charge in [0.05, 0.1) is 12.0 Å². The van der Waals surface area contributed by atoms with E-state index in [0.717, 1.165) is 4.43 Å². The fourth-order valence-corrected chi connectivity index (χ4v) is 2.93. The summed E-state index contributed by atoms with van der Waals surface area (Å²) in [5.74, 6) is -0.954. The largest absolute Gasteiger partial charge is 0.388 e. The zero-order valence-corrected chi connectivity index (χ0v) is 13.5. The fourth-order valence-electron chi connectivity index (χ4n) is 2.26. The van der Waals surface area contributed by atoms with E-state index in [1.807, 2.05) is 6.07 Å². The van der Waals surface area contributed by atoms with Gasteiger partial charge in [0.2, 0.25) is 0 Å². The van der Waals surface area contributed by atoms with E-state index in [-0.39, 0.29) is 11.6 Å². The van der Waals surface area contributed by atoms with Crippen molar-refractivity contribution in [2.75, 3.05) is 4.43 Å². The van der Waals surface area contributed by atoms with Crippen LogP contribution in [-0.2, 0) is 0 Å². The normalized spacial score (nSPS) is 13.7. The van der Waals surface area contributed by atoms with Crippen molar-refractivity contribution in [3.8, 4) is 0 Å². The average Bonchev–Trinajstić information content (AvgIpc) is 2.53. The van der Waals surface area contributed by atoms with Crippen LogP contribution in [0.5, 0.6) is 0 Å². The molecule has 4 heteroatoms. The summed E-state index contributed by atoms with van der Waals surface area (Å²) in [5, 5.41) is 10.5. The lowest BCUT2D eigenvalue weighted by molar-refractivity contribution is 0.0671.